The van der Waals surface area contributed by atoms with Crippen LogP contribution >= 0.6 is 0 Å². The van der Waals surface area contributed by atoms with Crippen LogP contribution in [0.25, 0.3) is 11.0 Å². The van der Waals surface area contributed by atoms with Gasteiger partial charge in [-0.05, 0) is 65.3 Å². The van der Waals surface area contributed by atoms with E-state index in [-0.39, 0.29) is 11.4 Å². The van der Waals surface area contributed by atoms with Gasteiger partial charge in [0, 0.05) is 0 Å². The zero-order chi connectivity index (χ0) is 22.5. The normalized spacial score (nSPS) is 11.7. The van der Waals surface area contributed by atoms with E-state index in [9.17, 15) is 9.81 Å². The molecular weight excluding hydrogens is 412 g/mol. The van der Waals surface area contributed by atoms with Crippen LogP contribution in [-0.4, -0.2) is 21.1 Å². The zero-order valence-corrected chi connectivity index (χ0v) is 16.7. The minimum atomic E-state index is 0.0378. The number of hydrogen-bond donors (Lipinski definition) is 3. The Morgan fingerprint density at radius 3 is 2.47 bits per heavy atom. The number of aromatic nitrogens is 3. The van der Waals surface area contributed by atoms with Gasteiger partial charge < -0.3 is 5.73 Å². The van der Waals surface area contributed by atoms with E-state index >= 15 is 0 Å². The number of nitroso groups, excluding NO2 is 2. The second kappa shape index (κ2) is 8.87. The molecule has 0 fully saturated rings. The lowest BCUT2D eigenvalue weighted by molar-refractivity contribution is 0.959. The molecule has 4 N–H and O–H groups in total. The first-order valence-electron chi connectivity index (χ1n) is 9.31. The molecule has 0 aliphatic rings. The average Bonchev–Trinajstić information content (AvgIpc) is 3.31. The van der Waals surface area contributed by atoms with E-state index in [4.69, 9.17) is 5.73 Å². The molecule has 1 heterocycles. The van der Waals surface area contributed by atoms with Crippen LogP contribution in [0.1, 0.15) is 12.5 Å². The van der Waals surface area contributed by atoms with Gasteiger partial charge in [0.25, 0.3) is 0 Å². The van der Waals surface area contributed by atoms with Crippen LogP contribution in [0.5, 0.6) is 0 Å². The van der Waals surface area contributed by atoms with Crippen LogP contribution in [0.4, 0.5) is 34.1 Å². The highest BCUT2D eigenvalue weighted by Crippen LogP contribution is 2.31. The molecule has 4 aromatic rings. The Morgan fingerprint density at radius 1 is 0.938 bits per heavy atom. The van der Waals surface area contributed by atoms with Crippen LogP contribution < -0.4 is 11.2 Å². The molecule has 0 spiro atoms. The van der Waals surface area contributed by atoms with E-state index in [1.807, 2.05) is 12.1 Å². The molecule has 0 unspecified atom stereocenters. The number of fused-ring (bicyclic) bond motifs is 1. The third kappa shape index (κ3) is 4.18. The Kier molecular flexibility index (Phi) is 5.66. The van der Waals surface area contributed by atoms with Gasteiger partial charge in [-0.25, -0.2) is 0 Å². The van der Waals surface area contributed by atoms with Crippen molar-refractivity contribution in [3.63, 3.8) is 0 Å². The van der Waals surface area contributed by atoms with E-state index < -0.39 is 0 Å². The van der Waals surface area contributed by atoms with Crippen LogP contribution in [0, 0.1) is 9.81 Å². The average molecular weight is 428 g/mol. The van der Waals surface area contributed by atoms with Crippen molar-refractivity contribution < 1.29 is 0 Å². The van der Waals surface area contributed by atoms with Crippen LogP contribution in [0.15, 0.2) is 80.3 Å². The predicted molar refractivity (Wildman–Crippen MR) is 122 cm³/mol. The number of nitrogens with zero attached hydrogens (tertiary/aromatic N) is 7. The van der Waals surface area contributed by atoms with Gasteiger partial charge in [-0.3, -0.25) is 5.43 Å². The van der Waals surface area contributed by atoms with Gasteiger partial charge in [0.1, 0.15) is 28.1 Å². The molecule has 3 aromatic carbocycles. The molecule has 158 valence electrons. The van der Waals surface area contributed by atoms with Crippen LogP contribution in [0.3, 0.4) is 0 Å². The number of nitrogens with one attached hydrogen (secondary N) is 2. The maximum absolute atomic E-state index is 11.0. The highest BCUT2D eigenvalue weighted by atomic mass is 16.3. The summed E-state index contributed by atoms with van der Waals surface area (Å²) in [4.78, 5) is 21.6. The largest absolute Gasteiger partial charge is 0.397 e. The van der Waals surface area contributed by atoms with Gasteiger partial charge in [-0.2, -0.15) is 25.6 Å². The lowest BCUT2D eigenvalue weighted by Crippen LogP contribution is -1.99. The predicted octanol–water partition coefficient (Wildman–Crippen LogP) is 5.59. The lowest BCUT2D eigenvalue weighted by Gasteiger charge is -2.06. The SMILES string of the molecule is C/C(=N\Nc1ccc(N=O)cc1N=O)c1ccc(N=Nc2c(N)ccc3n[nH]nc23)cc1. The lowest BCUT2D eigenvalue weighted by atomic mass is 10.1. The summed E-state index contributed by atoms with van der Waals surface area (Å²) in [6, 6.07) is 14.9. The van der Waals surface area contributed by atoms with Gasteiger partial charge in [-0.1, -0.05) is 12.1 Å². The molecule has 1 aromatic heterocycles. The van der Waals surface area contributed by atoms with Gasteiger partial charge in [-0.15, -0.1) is 14.9 Å². The van der Waals surface area contributed by atoms with Crippen molar-refractivity contribution in [2.24, 2.45) is 25.7 Å². The molecular formula is C20H16N10O2. The van der Waals surface area contributed by atoms with Crippen molar-refractivity contribution in [3.8, 4) is 0 Å². The summed E-state index contributed by atoms with van der Waals surface area (Å²) in [5.74, 6) is 0. The summed E-state index contributed by atoms with van der Waals surface area (Å²) in [6.45, 7) is 1.80. The molecule has 0 saturated heterocycles. The highest BCUT2D eigenvalue weighted by Gasteiger charge is 2.09. The first kappa shape index (κ1) is 20.4. The number of benzene rings is 3. The number of rotatable bonds is 7. The molecule has 0 saturated carbocycles. The maximum atomic E-state index is 11.0. The molecule has 0 aliphatic heterocycles. The standard InChI is InChI=1S/C20H16N10O2/c1-11(22-24-16-8-6-14(28-31)10-18(16)29-32)12-2-4-13(5-3-12)23-26-19-15(21)7-9-17-20(19)27-30-25-17/h2-10,24H,21H2,1H3,(H,25,27,30)/b22-11+,26-23?. The minimum absolute atomic E-state index is 0.0378. The second-order valence-corrected chi connectivity index (χ2v) is 6.63. The van der Waals surface area contributed by atoms with Gasteiger partial charge in [0.05, 0.1) is 22.8 Å². The highest BCUT2D eigenvalue weighted by molar-refractivity contribution is 5.99. The second-order valence-electron chi connectivity index (χ2n) is 6.63. The molecule has 0 amide bonds. The summed E-state index contributed by atoms with van der Waals surface area (Å²) in [5, 5.41) is 29.0. The summed E-state index contributed by atoms with van der Waals surface area (Å²) >= 11 is 0. The number of hydrazone groups is 1. The molecule has 0 atom stereocenters. The number of hydrogen-bond acceptors (Lipinski definition) is 11. The molecule has 4 rings (SSSR count). The van der Waals surface area contributed by atoms with Gasteiger partial charge in [0.2, 0.25) is 0 Å². The number of nitrogen functional groups attached to an aromatic ring is 1. The van der Waals surface area contributed by atoms with Crippen molar-refractivity contribution in [2.75, 3.05) is 11.2 Å². The smallest absolute Gasteiger partial charge is 0.142 e. The first-order valence-corrected chi connectivity index (χ1v) is 9.31. The number of azo groups is 1. The van der Waals surface area contributed by atoms with Crippen molar-refractivity contribution in [1.82, 2.24) is 15.4 Å². The fourth-order valence-electron chi connectivity index (χ4n) is 2.85. The van der Waals surface area contributed by atoms with E-state index in [2.05, 4.69) is 46.5 Å². The van der Waals surface area contributed by atoms with Crippen molar-refractivity contribution >= 4 is 50.9 Å². The topological polar surface area (TPSA) is 176 Å². The summed E-state index contributed by atoms with van der Waals surface area (Å²) in [7, 11) is 0. The molecule has 12 heteroatoms. The van der Waals surface area contributed by atoms with Gasteiger partial charge in [0.15, 0.2) is 0 Å². The fraction of sp³-hybridized carbons (Fsp3) is 0.0500. The number of anilines is 2. The van der Waals surface area contributed by atoms with Crippen molar-refractivity contribution in [1.29, 1.82) is 0 Å². The third-order valence-corrected chi connectivity index (χ3v) is 4.57. The van der Waals surface area contributed by atoms with Crippen molar-refractivity contribution in [2.45, 2.75) is 6.92 Å². The van der Waals surface area contributed by atoms with E-state index in [0.717, 1.165) is 5.56 Å². The van der Waals surface area contributed by atoms with Crippen LogP contribution in [0.2, 0.25) is 0 Å². The fourth-order valence-corrected chi connectivity index (χ4v) is 2.85. The quantitative estimate of drug-likeness (QED) is 0.114. The Balaban J connectivity index is 1.50. The molecule has 0 radical (unpaired) electrons. The first-order chi connectivity index (χ1) is 15.6. The molecule has 0 aliphatic carbocycles. The molecule has 12 nitrogen and oxygen atoms in total. The Labute approximate surface area is 180 Å². The Hall–Kier alpha value is -4.87. The molecule has 32 heavy (non-hydrogen) atoms. The summed E-state index contributed by atoms with van der Waals surface area (Å²) < 4.78 is 0. The van der Waals surface area contributed by atoms with Crippen LogP contribution in [-0.2, 0) is 0 Å². The Bertz CT molecular complexity index is 1360. The van der Waals surface area contributed by atoms with Gasteiger partial charge >= 0.3 is 0 Å². The zero-order valence-electron chi connectivity index (χ0n) is 16.7. The van der Waals surface area contributed by atoms with E-state index in [1.54, 1.807) is 31.2 Å². The summed E-state index contributed by atoms with van der Waals surface area (Å²) in [5.41, 5.74) is 13.4. The third-order valence-electron chi connectivity index (χ3n) is 4.57. The molecule has 0 bridgehead atoms. The number of H-pyrrole nitrogens is 1. The van der Waals surface area contributed by atoms with E-state index in [0.29, 0.717) is 39.5 Å². The van der Waals surface area contributed by atoms with Crippen molar-refractivity contribution in [3.05, 3.63) is 70.0 Å². The summed E-state index contributed by atoms with van der Waals surface area (Å²) in [6.07, 6.45) is 0. The minimum Gasteiger partial charge on any atom is -0.397 e. The monoisotopic (exact) mass is 428 g/mol. The van der Waals surface area contributed by atoms with E-state index in [1.165, 1.54) is 18.2 Å². The number of aromatic amines is 1. The Morgan fingerprint density at radius 2 is 1.72 bits per heavy atom. The maximum Gasteiger partial charge on any atom is 0.142 e. The number of nitrogens with two attached hydrogens (primary N) is 1.